The molecule has 0 saturated carbocycles. The van der Waals surface area contributed by atoms with Crippen molar-refractivity contribution in [2.24, 2.45) is 0 Å². The first-order valence-electron chi connectivity index (χ1n) is 8.02. The Labute approximate surface area is 130 Å². The van der Waals surface area contributed by atoms with E-state index >= 15 is 0 Å². The van der Waals surface area contributed by atoms with E-state index in [0.29, 0.717) is 6.04 Å². The van der Waals surface area contributed by atoms with Crippen molar-refractivity contribution < 1.29 is 4.74 Å². The van der Waals surface area contributed by atoms with Gasteiger partial charge >= 0.3 is 0 Å². The Morgan fingerprint density at radius 3 is 1.95 bits per heavy atom. The second-order valence-electron chi connectivity index (χ2n) is 6.16. The van der Waals surface area contributed by atoms with E-state index in [2.05, 4.69) is 76.3 Å². The molecule has 120 valence electrons. The maximum Gasteiger partial charge on any atom is 0.119 e. The fraction of sp³-hybridized carbons (Fsp3) is 0.667. The SMILES string of the molecule is CCC(CC)(C(NC)c1ccc(OC(C)C)cc1)N(C)C. The van der Waals surface area contributed by atoms with Gasteiger partial charge in [0.05, 0.1) is 12.1 Å². The number of nitrogens with zero attached hydrogens (tertiary/aromatic N) is 1. The Morgan fingerprint density at radius 2 is 1.62 bits per heavy atom. The number of hydrogen-bond donors (Lipinski definition) is 1. The Bertz CT molecular complexity index is 408. The lowest BCUT2D eigenvalue weighted by atomic mass is 9.79. The van der Waals surface area contributed by atoms with Crippen molar-refractivity contribution in [2.45, 2.75) is 58.2 Å². The van der Waals surface area contributed by atoms with Gasteiger partial charge in [0.1, 0.15) is 5.75 Å². The fourth-order valence-electron chi connectivity index (χ4n) is 3.31. The summed E-state index contributed by atoms with van der Waals surface area (Å²) in [5, 5.41) is 3.52. The predicted octanol–water partition coefficient (Wildman–Crippen LogP) is 3.85. The third kappa shape index (κ3) is 3.98. The fourth-order valence-corrected chi connectivity index (χ4v) is 3.31. The van der Waals surface area contributed by atoms with E-state index in [1.807, 2.05) is 7.05 Å². The summed E-state index contributed by atoms with van der Waals surface area (Å²) in [4.78, 5) is 2.35. The first-order chi connectivity index (χ1) is 9.91. The molecule has 1 atom stereocenters. The second-order valence-corrected chi connectivity index (χ2v) is 6.16. The normalized spacial score (nSPS) is 13.8. The summed E-state index contributed by atoms with van der Waals surface area (Å²) < 4.78 is 5.74. The molecule has 1 unspecified atom stereocenters. The maximum atomic E-state index is 5.74. The van der Waals surface area contributed by atoms with Gasteiger partial charge < -0.3 is 15.0 Å². The quantitative estimate of drug-likeness (QED) is 0.787. The molecule has 1 N–H and O–H groups in total. The van der Waals surface area contributed by atoms with Crippen LogP contribution in [-0.2, 0) is 0 Å². The molecule has 0 radical (unpaired) electrons. The van der Waals surface area contributed by atoms with Gasteiger partial charge in [-0.25, -0.2) is 0 Å². The molecule has 1 rings (SSSR count). The van der Waals surface area contributed by atoms with Crippen molar-refractivity contribution in [3.8, 4) is 5.75 Å². The van der Waals surface area contributed by atoms with Gasteiger partial charge in [0.25, 0.3) is 0 Å². The van der Waals surface area contributed by atoms with Crippen LogP contribution in [0.3, 0.4) is 0 Å². The van der Waals surface area contributed by atoms with Gasteiger partial charge in [-0.15, -0.1) is 0 Å². The first-order valence-corrected chi connectivity index (χ1v) is 8.02. The maximum absolute atomic E-state index is 5.74. The van der Waals surface area contributed by atoms with Crippen LogP contribution in [-0.4, -0.2) is 37.7 Å². The summed E-state index contributed by atoms with van der Waals surface area (Å²) in [5.41, 5.74) is 1.43. The molecular formula is C18H32N2O. The molecule has 0 aliphatic heterocycles. The van der Waals surface area contributed by atoms with Gasteiger partial charge in [0.15, 0.2) is 0 Å². The van der Waals surface area contributed by atoms with Gasteiger partial charge in [-0.2, -0.15) is 0 Å². The number of ether oxygens (including phenoxy) is 1. The first kappa shape index (κ1) is 18.0. The molecule has 0 spiro atoms. The van der Waals surface area contributed by atoms with Gasteiger partial charge in [0, 0.05) is 5.54 Å². The molecule has 0 bridgehead atoms. The standard InChI is InChI=1S/C18H32N2O/c1-8-18(9-2,20(6)7)17(19-5)15-10-12-16(13-11-15)21-14(3)4/h10-14,17,19H,8-9H2,1-7H3. The highest BCUT2D eigenvalue weighted by Gasteiger charge is 2.37. The van der Waals surface area contributed by atoms with E-state index in [-0.39, 0.29) is 11.6 Å². The number of nitrogens with one attached hydrogen (secondary N) is 1. The third-order valence-electron chi connectivity index (χ3n) is 4.53. The highest BCUT2D eigenvalue weighted by Crippen LogP contribution is 2.36. The summed E-state index contributed by atoms with van der Waals surface area (Å²) in [6.45, 7) is 8.64. The molecule has 0 amide bonds. The van der Waals surface area contributed by atoms with Crippen molar-refractivity contribution in [1.29, 1.82) is 0 Å². The monoisotopic (exact) mass is 292 g/mol. The lowest BCUT2D eigenvalue weighted by Gasteiger charge is -2.45. The predicted molar refractivity (Wildman–Crippen MR) is 91.0 cm³/mol. The van der Waals surface area contributed by atoms with E-state index in [1.54, 1.807) is 0 Å². The van der Waals surface area contributed by atoms with E-state index < -0.39 is 0 Å². The summed E-state index contributed by atoms with van der Waals surface area (Å²) >= 11 is 0. The summed E-state index contributed by atoms with van der Waals surface area (Å²) in [7, 11) is 6.40. The van der Waals surface area contributed by atoms with E-state index in [4.69, 9.17) is 4.74 Å². The highest BCUT2D eigenvalue weighted by atomic mass is 16.5. The average Bonchev–Trinajstić information content (AvgIpc) is 2.45. The largest absolute Gasteiger partial charge is 0.491 e. The Hall–Kier alpha value is -1.06. The number of hydrogen-bond acceptors (Lipinski definition) is 3. The van der Waals surface area contributed by atoms with Crippen LogP contribution in [0.1, 0.15) is 52.1 Å². The van der Waals surface area contributed by atoms with Gasteiger partial charge in [-0.1, -0.05) is 26.0 Å². The molecule has 1 aromatic rings. The zero-order valence-corrected chi connectivity index (χ0v) is 14.7. The molecule has 1 aromatic carbocycles. The Morgan fingerprint density at radius 1 is 1.10 bits per heavy atom. The van der Waals surface area contributed by atoms with Gasteiger partial charge in [-0.05, 0) is 65.5 Å². The van der Waals surface area contributed by atoms with Crippen LogP contribution in [0, 0.1) is 0 Å². The molecule has 0 heterocycles. The molecule has 0 aliphatic rings. The third-order valence-corrected chi connectivity index (χ3v) is 4.53. The number of rotatable bonds is 8. The number of benzene rings is 1. The van der Waals surface area contributed by atoms with Crippen molar-refractivity contribution in [3.63, 3.8) is 0 Å². The van der Waals surface area contributed by atoms with Crippen LogP contribution < -0.4 is 10.1 Å². The van der Waals surface area contributed by atoms with Crippen LogP contribution in [0.2, 0.25) is 0 Å². The van der Waals surface area contributed by atoms with Crippen LogP contribution in [0.25, 0.3) is 0 Å². The summed E-state index contributed by atoms with van der Waals surface area (Å²) in [6, 6.07) is 8.82. The van der Waals surface area contributed by atoms with Gasteiger partial charge in [0.2, 0.25) is 0 Å². The second kappa shape index (κ2) is 7.81. The smallest absolute Gasteiger partial charge is 0.119 e. The van der Waals surface area contributed by atoms with Crippen LogP contribution in [0.4, 0.5) is 0 Å². The molecule has 21 heavy (non-hydrogen) atoms. The molecule has 0 saturated heterocycles. The topological polar surface area (TPSA) is 24.5 Å². The Balaban J connectivity index is 3.08. The van der Waals surface area contributed by atoms with E-state index in [0.717, 1.165) is 18.6 Å². The zero-order valence-electron chi connectivity index (χ0n) is 14.7. The van der Waals surface area contributed by atoms with Crippen LogP contribution >= 0.6 is 0 Å². The molecule has 3 nitrogen and oxygen atoms in total. The van der Waals surface area contributed by atoms with Crippen LogP contribution in [0.15, 0.2) is 24.3 Å². The molecule has 0 aromatic heterocycles. The van der Waals surface area contributed by atoms with Crippen molar-refractivity contribution in [2.75, 3.05) is 21.1 Å². The van der Waals surface area contributed by atoms with Crippen molar-refractivity contribution in [3.05, 3.63) is 29.8 Å². The lowest BCUT2D eigenvalue weighted by Crippen LogP contribution is -2.52. The van der Waals surface area contributed by atoms with Crippen molar-refractivity contribution in [1.82, 2.24) is 10.2 Å². The molecule has 3 heteroatoms. The average molecular weight is 292 g/mol. The highest BCUT2D eigenvalue weighted by molar-refractivity contribution is 5.31. The minimum atomic E-state index is 0.120. The van der Waals surface area contributed by atoms with E-state index in [1.165, 1.54) is 5.56 Å². The zero-order chi connectivity index (χ0) is 16.0. The Kier molecular flexibility index (Phi) is 6.69. The molecular weight excluding hydrogens is 260 g/mol. The number of likely N-dealkylation sites (N-methyl/N-ethyl adjacent to an activating group) is 2. The van der Waals surface area contributed by atoms with Crippen molar-refractivity contribution >= 4 is 0 Å². The lowest BCUT2D eigenvalue weighted by molar-refractivity contribution is 0.0917. The van der Waals surface area contributed by atoms with Gasteiger partial charge in [-0.3, -0.25) is 0 Å². The summed E-state index contributed by atoms with van der Waals surface area (Å²) in [6.07, 6.45) is 2.42. The van der Waals surface area contributed by atoms with Crippen LogP contribution in [0.5, 0.6) is 5.75 Å². The molecule has 0 fully saturated rings. The summed E-state index contributed by atoms with van der Waals surface area (Å²) in [5.74, 6) is 0.937. The minimum absolute atomic E-state index is 0.120. The molecule has 0 aliphatic carbocycles. The minimum Gasteiger partial charge on any atom is -0.491 e. The van der Waals surface area contributed by atoms with E-state index in [9.17, 15) is 0 Å².